The largest absolute Gasteiger partial charge is 0.382 e. The van der Waals surface area contributed by atoms with E-state index in [-0.39, 0.29) is 0 Å². The van der Waals surface area contributed by atoms with Crippen molar-refractivity contribution in [2.45, 2.75) is 77.6 Å². The highest BCUT2D eigenvalue weighted by Gasteiger charge is 1.94. The molecule has 0 spiro atoms. The number of ether oxygens (including phenoxy) is 4. The molecule has 0 saturated heterocycles. The third kappa shape index (κ3) is 21.8. The Kier molecular flexibility index (Phi) is 22.7. The van der Waals surface area contributed by atoms with E-state index in [1.54, 1.807) is 7.11 Å². The Morgan fingerprint density at radius 3 is 1.25 bits per heavy atom. The minimum Gasteiger partial charge on any atom is -0.382 e. The van der Waals surface area contributed by atoms with E-state index in [0.29, 0.717) is 39.6 Å². The van der Waals surface area contributed by atoms with E-state index in [9.17, 15) is 0 Å². The van der Waals surface area contributed by atoms with E-state index in [1.807, 2.05) is 0 Å². The molecular formula is C20H42O4. The summed E-state index contributed by atoms with van der Waals surface area (Å²) in [5.41, 5.74) is 0. The molecule has 4 nitrogen and oxygen atoms in total. The molecule has 0 N–H and O–H groups in total. The van der Waals surface area contributed by atoms with Crippen LogP contribution in [0.15, 0.2) is 0 Å². The first-order valence-electron chi connectivity index (χ1n) is 10.1. The van der Waals surface area contributed by atoms with Gasteiger partial charge in [0.05, 0.1) is 39.6 Å². The standard InChI is InChI=1S/C20H42O4/c1-3-4-5-6-7-8-9-10-11-12-13-14-22-17-18-24-20-19-23-16-15-21-2/h3-20H2,1-2H3. The summed E-state index contributed by atoms with van der Waals surface area (Å²) in [7, 11) is 1.67. The number of rotatable bonds is 21. The Labute approximate surface area is 150 Å². The second-order valence-electron chi connectivity index (χ2n) is 6.37. The third-order valence-electron chi connectivity index (χ3n) is 4.07. The lowest BCUT2D eigenvalue weighted by molar-refractivity contribution is 0.00323. The lowest BCUT2D eigenvalue weighted by Gasteiger charge is -2.07. The normalized spacial score (nSPS) is 11.2. The fourth-order valence-electron chi connectivity index (χ4n) is 2.55. The molecule has 0 aromatic heterocycles. The Morgan fingerprint density at radius 2 is 0.792 bits per heavy atom. The van der Waals surface area contributed by atoms with Crippen molar-refractivity contribution in [3.05, 3.63) is 0 Å². The van der Waals surface area contributed by atoms with Crippen LogP contribution in [0.3, 0.4) is 0 Å². The monoisotopic (exact) mass is 346 g/mol. The zero-order chi connectivity index (χ0) is 17.6. The molecule has 0 fully saturated rings. The zero-order valence-corrected chi connectivity index (χ0v) is 16.4. The van der Waals surface area contributed by atoms with Crippen molar-refractivity contribution in [1.82, 2.24) is 0 Å². The van der Waals surface area contributed by atoms with Crippen LogP contribution >= 0.6 is 0 Å². The maximum atomic E-state index is 5.58. The molecule has 0 saturated carbocycles. The van der Waals surface area contributed by atoms with Gasteiger partial charge >= 0.3 is 0 Å². The number of hydrogen-bond acceptors (Lipinski definition) is 4. The maximum absolute atomic E-state index is 5.58. The van der Waals surface area contributed by atoms with Crippen LogP contribution in [0.25, 0.3) is 0 Å². The van der Waals surface area contributed by atoms with Crippen molar-refractivity contribution < 1.29 is 18.9 Å². The van der Waals surface area contributed by atoms with E-state index in [0.717, 1.165) is 6.61 Å². The molecule has 0 amide bonds. The molecule has 0 atom stereocenters. The van der Waals surface area contributed by atoms with E-state index >= 15 is 0 Å². The predicted octanol–water partition coefficient (Wildman–Crippen LogP) is 4.99. The van der Waals surface area contributed by atoms with Crippen molar-refractivity contribution >= 4 is 0 Å². The van der Waals surface area contributed by atoms with Gasteiger partial charge in [-0.3, -0.25) is 0 Å². The summed E-state index contributed by atoms with van der Waals surface area (Å²) in [6.45, 7) is 7.02. The lowest BCUT2D eigenvalue weighted by Crippen LogP contribution is -2.11. The molecule has 0 aliphatic heterocycles. The molecule has 0 rings (SSSR count). The average Bonchev–Trinajstić information content (AvgIpc) is 2.60. The summed E-state index contributed by atoms with van der Waals surface area (Å²) in [5.74, 6) is 0. The van der Waals surface area contributed by atoms with E-state index in [1.165, 1.54) is 70.6 Å². The fraction of sp³-hybridized carbons (Fsp3) is 1.00. The minimum atomic E-state index is 0.627. The SMILES string of the molecule is CCCCCCCCCCCCCOCCOCCOCCOC. The zero-order valence-electron chi connectivity index (χ0n) is 16.4. The quantitative estimate of drug-likeness (QED) is 0.274. The molecule has 0 aromatic rings. The summed E-state index contributed by atoms with van der Waals surface area (Å²) in [4.78, 5) is 0. The molecule has 0 aliphatic carbocycles. The Morgan fingerprint density at radius 1 is 0.417 bits per heavy atom. The topological polar surface area (TPSA) is 36.9 Å². The van der Waals surface area contributed by atoms with Gasteiger partial charge < -0.3 is 18.9 Å². The summed E-state index contributed by atoms with van der Waals surface area (Å²) in [5, 5.41) is 0. The number of hydrogen-bond donors (Lipinski definition) is 0. The third-order valence-corrected chi connectivity index (χ3v) is 4.07. The molecule has 146 valence electrons. The highest BCUT2D eigenvalue weighted by atomic mass is 16.6. The first-order valence-corrected chi connectivity index (χ1v) is 10.1. The average molecular weight is 347 g/mol. The maximum Gasteiger partial charge on any atom is 0.0701 e. The fourth-order valence-corrected chi connectivity index (χ4v) is 2.55. The molecule has 0 unspecified atom stereocenters. The Balaban J connectivity index is 2.93. The van der Waals surface area contributed by atoms with Crippen LogP contribution in [0.2, 0.25) is 0 Å². The molecule has 24 heavy (non-hydrogen) atoms. The Hall–Kier alpha value is -0.160. The van der Waals surface area contributed by atoms with Gasteiger partial charge in [-0.05, 0) is 6.42 Å². The highest BCUT2D eigenvalue weighted by molar-refractivity contribution is 4.48. The van der Waals surface area contributed by atoms with Gasteiger partial charge in [-0.15, -0.1) is 0 Å². The van der Waals surface area contributed by atoms with E-state index in [4.69, 9.17) is 18.9 Å². The second kappa shape index (κ2) is 22.8. The van der Waals surface area contributed by atoms with Gasteiger partial charge in [-0.1, -0.05) is 71.1 Å². The van der Waals surface area contributed by atoms with Crippen LogP contribution in [-0.4, -0.2) is 53.4 Å². The molecule has 4 heteroatoms. The summed E-state index contributed by atoms with van der Waals surface area (Å²) < 4.78 is 21.2. The molecule has 0 aliphatic rings. The number of methoxy groups -OCH3 is 1. The van der Waals surface area contributed by atoms with Crippen LogP contribution in [-0.2, 0) is 18.9 Å². The van der Waals surface area contributed by atoms with Gasteiger partial charge in [0.25, 0.3) is 0 Å². The Bertz CT molecular complexity index is 190. The van der Waals surface area contributed by atoms with Gasteiger partial charge in [-0.2, -0.15) is 0 Å². The highest BCUT2D eigenvalue weighted by Crippen LogP contribution is 2.11. The molecule has 0 radical (unpaired) electrons. The molecule has 0 aromatic carbocycles. The summed E-state index contributed by atoms with van der Waals surface area (Å²) in [6, 6.07) is 0. The van der Waals surface area contributed by atoms with E-state index < -0.39 is 0 Å². The van der Waals surface area contributed by atoms with Crippen LogP contribution < -0.4 is 0 Å². The van der Waals surface area contributed by atoms with Gasteiger partial charge in [-0.25, -0.2) is 0 Å². The van der Waals surface area contributed by atoms with Crippen LogP contribution in [0.5, 0.6) is 0 Å². The minimum absolute atomic E-state index is 0.627. The predicted molar refractivity (Wildman–Crippen MR) is 101 cm³/mol. The molecule has 0 bridgehead atoms. The van der Waals surface area contributed by atoms with Crippen LogP contribution in [0.4, 0.5) is 0 Å². The summed E-state index contributed by atoms with van der Waals surface area (Å²) in [6.07, 6.45) is 15.1. The smallest absolute Gasteiger partial charge is 0.0701 e. The van der Waals surface area contributed by atoms with Crippen LogP contribution in [0.1, 0.15) is 77.6 Å². The van der Waals surface area contributed by atoms with Crippen molar-refractivity contribution in [3.8, 4) is 0 Å². The van der Waals surface area contributed by atoms with Crippen LogP contribution in [0, 0.1) is 0 Å². The van der Waals surface area contributed by atoms with Gasteiger partial charge in [0, 0.05) is 13.7 Å². The first kappa shape index (κ1) is 23.8. The first-order chi connectivity index (χ1) is 11.9. The van der Waals surface area contributed by atoms with Gasteiger partial charge in [0.2, 0.25) is 0 Å². The lowest BCUT2D eigenvalue weighted by atomic mass is 10.1. The second-order valence-corrected chi connectivity index (χ2v) is 6.37. The van der Waals surface area contributed by atoms with Gasteiger partial charge in [0.15, 0.2) is 0 Å². The van der Waals surface area contributed by atoms with Crippen molar-refractivity contribution in [3.63, 3.8) is 0 Å². The van der Waals surface area contributed by atoms with Gasteiger partial charge in [0.1, 0.15) is 0 Å². The van der Waals surface area contributed by atoms with Crippen molar-refractivity contribution in [2.75, 3.05) is 53.4 Å². The number of unbranched alkanes of at least 4 members (excludes halogenated alkanes) is 10. The van der Waals surface area contributed by atoms with E-state index in [2.05, 4.69) is 6.92 Å². The van der Waals surface area contributed by atoms with Crippen molar-refractivity contribution in [2.24, 2.45) is 0 Å². The molecular weight excluding hydrogens is 304 g/mol. The molecule has 0 heterocycles. The van der Waals surface area contributed by atoms with Crippen molar-refractivity contribution in [1.29, 1.82) is 0 Å². The summed E-state index contributed by atoms with van der Waals surface area (Å²) >= 11 is 0.